The Balaban J connectivity index is 2.76. The molecule has 6 heteroatoms. The molecule has 1 atom stereocenters. The zero-order valence-electron chi connectivity index (χ0n) is 12.8. The molecule has 0 radical (unpaired) electrons. The Morgan fingerprint density at radius 3 is 2.38 bits per heavy atom. The van der Waals surface area contributed by atoms with Gasteiger partial charge in [-0.15, -0.1) is 0 Å². The van der Waals surface area contributed by atoms with Gasteiger partial charge in [0.1, 0.15) is 6.54 Å². The predicted octanol–water partition coefficient (Wildman–Crippen LogP) is 1.43. The van der Waals surface area contributed by atoms with Gasteiger partial charge in [0.2, 0.25) is 5.91 Å². The summed E-state index contributed by atoms with van der Waals surface area (Å²) in [5, 5.41) is 8.71. The van der Waals surface area contributed by atoms with E-state index < -0.39 is 5.97 Å². The van der Waals surface area contributed by atoms with Gasteiger partial charge in [-0.2, -0.15) is 0 Å². The van der Waals surface area contributed by atoms with Crippen molar-refractivity contribution < 1.29 is 24.2 Å². The van der Waals surface area contributed by atoms with Crippen molar-refractivity contribution in [3.8, 4) is 11.5 Å². The number of methoxy groups -OCH3 is 2. The molecule has 1 unspecified atom stereocenters. The van der Waals surface area contributed by atoms with Crippen molar-refractivity contribution in [1.82, 2.24) is 4.90 Å². The van der Waals surface area contributed by atoms with Crippen molar-refractivity contribution in [3.63, 3.8) is 0 Å². The number of rotatable bonds is 7. The van der Waals surface area contributed by atoms with Gasteiger partial charge in [0, 0.05) is 13.0 Å². The van der Waals surface area contributed by atoms with Crippen LogP contribution in [-0.2, 0) is 16.0 Å². The molecule has 0 bridgehead atoms. The maximum atomic E-state index is 12.1. The molecule has 1 rings (SSSR count). The van der Waals surface area contributed by atoms with E-state index >= 15 is 0 Å². The van der Waals surface area contributed by atoms with E-state index in [0.29, 0.717) is 17.9 Å². The lowest BCUT2D eigenvalue weighted by molar-refractivity contribution is -0.144. The molecular weight excluding hydrogens is 274 g/mol. The summed E-state index contributed by atoms with van der Waals surface area (Å²) in [6.07, 6.45) is 0.503. The van der Waals surface area contributed by atoms with Gasteiger partial charge in [0.25, 0.3) is 0 Å². The fraction of sp³-hybridized carbons (Fsp3) is 0.467. The van der Waals surface area contributed by atoms with Gasteiger partial charge in [-0.1, -0.05) is 13.0 Å². The Bertz CT molecular complexity index is 515. The molecule has 1 amide bonds. The minimum Gasteiger partial charge on any atom is -0.493 e. The molecule has 1 aromatic rings. The zero-order valence-corrected chi connectivity index (χ0v) is 12.8. The number of hydrogen-bond donors (Lipinski definition) is 1. The number of benzene rings is 1. The lowest BCUT2D eigenvalue weighted by Gasteiger charge is -2.20. The van der Waals surface area contributed by atoms with Crippen LogP contribution >= 0.6 is 0 Å². The highest BCUT2D eigenvalue weighted by atomic mass is 16.5. The van der Waals surface area contributed by atoms with Crippen LogP contribution in [-0.4, -0.2) is 49.7 Å². The second kappa shape index (κ2) is 7.52. The first kappa shape index (κ1) is 16.8. The fourth-order valence-electron chi connectivity index (χ4n) is 2.11. The molecule has 0 spiro atoms. The average molecular weight is 295 g/mol. The smallest absolute Gasteiger partial charge is 0.323 e. The highest BCUT2D eigenvalue weighted by Gasteiger charge is 2.20. The van der Waals surface area contributed by atoms with E-state index in [1.54, 1.807) is 27.2 Å². The third-order valence-corrected chi connectivity index (χ3v) is 3.16. The topological polar surface area (TPSA) is 76.1 Å². The van der Waals surface area contributed by atoms with Crippen LogP contribution < -0.4 is 9.47 Å². The van der Waals surface area contributed by atoms with Crippen LogP contribution in [0.1, 0.15) is 12.5 Å². The molecule has 0 aliphatic heterocycles. The van der Waals surface area contributed by atoms with Gasteiger partial charge in [-0.3, -0.25) is 9.59 Å². The maximum Gasteiger partial charge on any atom is 0.323 e. The number of nitrogens with zero attached hydrogens (tertiary/aromatic N) is 1. The summed E-state index contributed by atoms with van der Waals surface area (Å²) in [7, 11) is 4.60. The third kappa shape index (κ3) is 4.66. The van der Waals surface area contributed by atoms with Crippen molar-refractivity contribution >= 4 is 11.9 Å². The summed E-state index contributed by atoms with van der Waals surface area (Å²) in [5.41, 5.74) is 0.928. The molecule has 0 fully saturated rings. The first-order chi connectivity index (χ1) is 9.88. The molecular formula is C15H21NO5. The SMILES string of the molecule is COc1ccc(CC(C)C(=O)N(C)CC(=O)O)cc1OC. The number of ether oxygens (including phenoxy) is 2. The minimum atomic E-state index is -1.02. The standard InChI is InChI=1S/C15H21NO5/c1-10(15(19)16(2)9-14(17)18)7-11-5-6-12(20-3)13(8-11)21-4/h5-6,8,10H,7,9H2,1-4H3,(H,17,18). The normalized spacial score (nSPS) is 11.6. The fourth-order valence-corrected chi connectivity index (χ4v) is 2.11. The number of carbonyl (C=O) groups is 2. The maximum absolute atomic E-state index is 12.1. The molecule has 116 valence electrons. The summed E-state index contributed by atoms with van der Waals surface area (Å²) in [6.45, 7) is 1.48. The van der Waals surface area contributed by atoms with Crippen LogP contribution in [0.15, 0.2) is 18.2 Å². The van der Waals surface area contributed by atoms with Gasteiger partial charge in [-0.05, 0) is 24.1 Å². The van der Waals surface area contributed by atoms with Crippen LogP contribution in [0.25, 0.3) is 0 Å². The highest BCUT2D eigenvalue weighted by Crippen LogP contribution is 2.28. The Hall–Kier alpha value is -2.24. The van der Waals surface area contributed by atoms with Gasteiger partial charge in [0.15, 0.2) is 11.5 Å². The molecule has 1 aromatic carbocycles. The van der Waals surface area contributed by atoms with Crippen molar-refractivity contribution in [2.45, 2.75) is 13.3 Å². The van der Waals surface area contributed by atoms with Crippen molar-refractivity contribution in [3.05, 3.63) is 23.8 Å². The molecule has 21 heavy (non-hydrogen) atoms. The summed E-state index contributed by atoms with van der Waals surface area (Å²) in [6, 6.07) is 5.47. The number of hydrogen-bond acceptors (Lipinski definition) is 4. The van der Waals surface area contributed by atoms with E-state index in [-0.39, 0.29) is 18.4 Å². The largest absolute Gasteiger partial charge is 0.493 e. The van der Waals surface area contributed by atoms with Crippen LogP contribution in [0.3, 0.4) is 0 Å². The second-order valence-corrected chi connectivity index (χ2v) is 4.88. The van der Waals surface area contributed by atoms with E-state index in [2.05, 4.69) is 0 Å². The van der Waals surface area contributed by atoms with E-state index in [9.17, 15) is 9.59 Å². The number of likely N-dealkylation sites (N-methyl/N-ethyl adjacent to an activating group) is 1. The van der Waals surface area contributed by atoms with Crippen LogP contribution in [0.4, 0.5) is 0 Å². The molecule has 0 saturated heterocycles. The van der Waals surface area contributed by atoms with Crippen molar-refractivity contribution in [2.24, 2.45) is 5.92 Å². The summed E-state index contributed by atoms with van der Waals surface area (Å²) in [5.74, 6) is -0.305. The number of carboxylic acids is 1. The summed E-state index contributed by atoms with van der Waals surface area (Å²) in [4.78, 5) is 23.9. The first-order valence-corrected chi connectivity index (χ1v) is 6.56. The third-order valence-electron chi connectivity index (χ3n) is 3.16. The van der Waals surface area contributed by atoms with Crippen LogP contribution in [0, 0.1) is 5.92 Å². The Labute approximate surface area is 124 Å². The van der Waals surface area contributed by atoms with Crippen molar-refractivity contribution in [2.75, 3.05) is 27.8 Å². The lowest BCUT2D eigenvalue weighted by atomic mass is 9.99. The van der Waals surface area contributed by atoms with E-state index in [1.165, 1.54) is 11.9 Å². The van der Waals surface area contributed by atoms with Crippen molar-refractivity contribution in [1.29, 1.82) is 0 Å². The number of aliphatic carboxylic acids is 1. The van der Waals surface area contributed by atoms with Gasteiger partial charge < -0.3 is 19.5 Å². The summed E-state index contributed by atoms with van der Waals surface area (Å²) < 4.78 is 10.4. The van der Waals surface area contributed by atoms with Crippen LogP contribution in [0.5, 0.6) is 11.5 Å². The number of amides is 1. The predicted molar refractivity (Wildman–Crippen MR) is 77.7 cm³/mol. The molecule has 6 nitrogen and oxygen atoms in total. The Morgan fingerprint density at radius 2 is 1.86 bits per heavy atom. The Kier molecular flexibility index (Phi) is 6.02. The Morgan fingerprint density at radius 1 is 1.24 bits per heavy atom. The van der Waals surface area contributed by atoms with Gasteiger partial charge in [0.05, 0.1) is 14.2 Å². The molecule has 0 aliphatic rings. The quantitative estimate of drug-likeness (QED) is 0.823. The second-order valence-electron chi connectivity index (χ2n) is 4.88. The first-order valence-electron chi connectivity index (χ1n) is 6.56. The highest BCUT2D eigenvalue weighted by molar-refractivity contribution is 5.82. The summed E-state index contributed by atoms with van der Waals surface area (Å²) >= 11 is 0. The van der Waals surface area contributed by atoms with E-state index in [1.807, 2.05) is 12.1 Å². The molecule has 0 aromatic heterocycles. The molecule has 0 heterocycles. The van der Waals surface area contributed by atoms with Crippen LogP contribution in [0.2, 0.25) is 0 Å². The van der Waals surface area contributed by atoms with Gasteiger partial charge in [-0.25, -0.2) is 0 Å². The average Bonchev–Trinajstić information content (AvgIpc) is 2.45. The lowest BCUT2D eigenvalue weighted by Crippen LogP contribution is -2.36. The zero-order chi connectivity index (χ0) is 16.0. The number of carbonyl (C=O) groups excluding carboxylic acids is 1. The minimum absolute atomic E-state index is 0.202. The molecule has 0 aliphatic carbocycles. The molecule has 1 N–H and O–H groups in total. The van der Waals surface area contributed by atoms with E-state index in [0.717, 1.165) is 5.56 Å². The monoisotopic (exact) mass is 295 g/mol. The van der Waals surface area contributed by atoms with E-state index in [4.69, 9.17) is 14.6 Å². The number of carboxylic acid groups (broad SMARTS) is 1. The molecule has 0 saturated carbocycles. The van der Waals surface area contributed by atoms with Gasteiger partial charge >= 0.3 is 5.97 Å².